The lowest BCUT2D eigenvalue weighted by Gasteiger charge is -2.09. The summed E-state index contributed by atoms with van der Waals surface area (Å²) in [5.41, 5.74) is 5.93. The summed E-state index contributed by atoms with van der Waals surface area (Å²) in [6, 6.07) is 4.75. The minimum absolute atomic E-state index is 0.0909. The van der Waals surface area contributed by atoms with E-state index in [1.807, 2.05) is 0 Å². The van der Waals surface area contributed by atoms with Crippen LogP contribution in [0.5, 0.6) is 0 Å². The van der Waals surface area contributed by atoms with Crippen molar-refractivity contribution in [3.8, 4) is 0 Å². The third-order valence-corrected chi connectivity index (χ3v) is 4.71. The maximum absolute atomic E-state index is 12.1. The van der Waals surface area contributed by atoms with Crippen molar-refractivity contribution in [1.82, 2.24) is 4.72 Å². The van der Waals surface area contributed by atoms with Gasteiger partial charge in [0.25, 0.3) is 0 Å². The van der Waals surface area contributed by atoms with Crippen LogP contribution in [0.1, 0.15) is 12.8 Å². The monoisotopic (exact) mass is 380 g/mol. The van der Waals surface area contributed by atoms with Gasteiger partial charge < -0.3 is 15.2 Å². The van der Waals surface area contributed by atoms with Crippen LogP contribution in [0.4, 0.5) is 5.69 Å². The Hall–Kier alpha value is -0.670. The molecule has 0 aliphatic carbocycles. The number of methoxy groups -OCH3 is 1. The molecule has 0 bridgehead atoms. The minimum Gasteiger partial charge on any atom is -0.398 e. The second-order valence-electron chi connectivity index (χ2n) is 4.39. The number of benzene rings is 1. The molecule has 0 heterocycles. The van der Waals surface area contributed by atoms with Crippen molar-refractivity contribution in [2.24, 2.45) is 0 Å². The zero-order chi connectivity index (χ0) is 15.7. The Kier molecular flexibility index (Phi) is 8.20. The highest BCUT2D eigenvalue weighted by atomic mass is 79.9. The van der Waals surface area contributed by atoms with Crippen LogP contribution in [0.25, 0.3) is 0 Å². The quantitative estimate of drug-likeness (QED) is 0.476. The highest BCUT2D eigenvalue weighted by molar-refractivity contribution is 9.10. The van der Waals surface area contributed by atoms with E-state index in [2.05, 4.69) is 20.7 Å². The van der Waals surface area contributed by atoms with Crippen molar-refractivity contribution in [1.29, 1.82) is 0 Å². The summed E-state index contributed by atoms with van der Waals surface area (Å²) in [6.45, 7) is 2.05. The van der Waals surface area contributed by atoms with Crippen LogP contribution < -0.4 is 10.5 Å². The van der Waals surface area contributed by atoms with Crippen molar-refractivity contribution in [2.45, 2.75) is 17.7 Å². The van der Waals surface area contributed by atoms with Crippen molar-refractivity contribution in [3.05, 3.63) is 22.7 Å². The first-order valence-electron chi connectivity index (χ1n) is 6.59. The molecule has 0 atom stereocenters. The molecule has 1 aromatic carbocycles. The van der Waals surface area contributed by atoms with Gasteiger partial charge in [-0.05, 0) is 31.0 Å². The van der Waals surface area contributed by atoms with Crippen LogP contribution in [0.3, 0.4) is 0 Å². The normalized spacial score (nSPS) is 11.7. The van der Waals surface area contributed by atoms with Crippen molar-refractivity contribution in [3.63, 3.8) is 0 Å². The van der Waals surface area contributed by atoms with Gasteiger partial charge in [-0.1, -0.05) is 15.9 Å². The molecular weight excluding hydrogens is 360 g/mol. The molecule has 0 amide bonds. The molecular formula is C13H21BrN2O4S. The van der Waals surface area contributed by atoms with Crippen molar-refractivity contribution >= 4 is 31.6 Å². The smallest absolute Gasteiger partial charge is 0.242 e. The zero-order valence-corrected chi connectivity index (χ0v) is 14.4. The molecule has 3 N–H and O–H groups in total. The van der Waals surface area contributed by atoms with E-state index in [9.17, 15) is 8.42 Å². The standard InChI is InChI=1S/C13H21BrN2O4S/c1-19-8-9-20-7-3-2-6-16-21(17,18)13-10-11(14)4-5-12(13)15/h4-5,10,16H,2-3,6-9,15H2,1H3. The summed E-state index contributed by atoms with van der Waals surface area (Å²) in [5.74, 6) is 0. The van der Waals surface area contributed by atoms with Gasteiger partial charge in [0.1, 0.15) is 4.90 Å². The molecule has 6 nitrogen and oxygen atoms in total. The van der Waals surface area contributed by atoms with E-state index in [1.54, 1.807) is 19.2 Å². The number of sulfonamides is 1. The lowest BCUT2D eigenvalue weighted by molar-refractivity contribution is 0.0689. The molecule has 0 fully saturated rings. The first-order valence-corrected chi connectivity index (χ1v) is 8.86. The number of nitrogens with two attached hydrogens (primary N) is 1. The van der Waals surface area contributed by atoms with E-state index < -0.39 is 10.0 Å². The number of anilines is 1. The maximum atomic E-state index is 12.1. The minimum atomic E-state index is -3.58. The van der Waals surface area contributed by atoms with Crippen LogP contribution in [0.15, 0.2) is 27.6 Å². The molecule has 0 radical (unpaired) electrons. The molecule has 1 aromatic rings. The summed E-state index contributed by atoms with van der Waals surface area (Å²) in [5, 5.41) is 0. The first-order chi connectivity index (χ1) is 9.97. The fraction of sp³-hybridized carbons (Fsp3) is 0.538. The molecule has 1 rings (SSSR count). The predicted molar refractivity (Wildman–Crippen MR) is 85.7 cm³/mol. The predicted octanol–water partition coefficient (Wildman–Crippen LogP) is 1.75. The van der Waals surface area contributed by atoms with Gasteiger partial charge in [-0.25, -0.2) is 13.1 Å². The average molecular weight is 381 g/mol. The highest BCUT2D eigenvalue weighted by Gasteiger charge is 2.16. The topological polar surface area (TPSA) is 90.6 Å². The zero-order valence-electron chi connectivity index (χ0n) is 12.0. The molecule has 0 aliphatic heterocycles. The van der Waals surface area contributed by atoms with Gasteiger partial charge in [-0.3, -0.25) is 0 Å². The average Bonchev–Trinajstić information content (AvgIpc) is 2.44. The summed E-state index contributed by atoms with van der Waals surface area (Å²) in [6.07, 6.45) is 1.47. The fourth-order valence-electron chi connectivity index (χ4n) is 1.60. The Morgan fingerprint density at radius 2 is 2.00 bits per heavy atom. The lowest BCUT2D eigenvalue weighted by atomic mass is 10.3. The van der Waals surface area contributed by atoms with Crippen LogP contribution in [-0.2, 0) is 19.5 Å². The summed E-state index contributed by atoms with van der Waals surface area (Å²) in [4.78, 5) is 0.0909. The Balaban J connectivity index is 2.35. The number of halogens is 1. The van der Waals surface area contributed by atoms with Gasteiger partial charge >= 0.3 is 0 Å². The van der Waals surface area contributed by atoms with Gasteiger partial charge in [-0.2, -0.15) is 0 Å². The molecule has 0 unspecified atom stereocenters. The van der Waals surface area contributed by atoms with Gasteiger partial charge in [0.05, 0.1) is 18.9 Å². The number of nitrogen functional groups attached to an aromatic ring is 1. The van der Waals surface area contributed by atoms with Crippen molar-refractivity contribution < 1.29 is 17.9 Å². The van der Waals surface area contributed by atoms with Crippen LogP contribution >= 0.6 is 15.9 Å². The first kappa shape index (κ1) is 18.4. The Bertz CT molecular complexity index is 537. The van der Waals surface area contributed by atoms with E-state index in [-0.39, 0.29) is 10.6 Å². The number of unbranched alkanes of at least 4 members (excludes halogenated alkanes) is 1. The van der Waals surface area contributed by atoms with E-state index in [1.165, 1.54) is 6.07 Å². The second-order valence-corrected chi connectivity index (χ2v) is 7.04. The Morgan fingerprint density at radius 1 is 1.24 bits per heavy atom. The molecule has 0 aromatic heterocycles. The van der Waals surface area contributed by atoms with Crippen LogP contribution in [0, 0.1) is 0 Å². The van der Waals surface area contributed by atoms with E-state index >= 15 is 0 Å². The third-order valence-electron chi connectivity index (χ3n) is 2.70. The summed E-state index contributed by atoms with van der Waals surface area (Å²) >= 11 is 3.24. The molecule has 120 valence electrons. The number of hydrogen-bond donors (Lipinski definition) is 2. The fourth-order valence-corrected chi connectivity index (χ4v) is 3.34. The van der Waals surface area contributed by atoms with Gasteiger partial charge in [-0.15, -0.1) is 0 Å². The van der Waals surface area contributed by atoms with Gasteiger partial charge in [0.15, 0.2) is 0 Å². The maximum Gasteiger partial charge on any atom is 0.242 e. The van der Waals surface area contributed by atoms with Crippen molar-refractivity contribution in [2.75, 3.05) is 39.2 Å². The molecule has 21 heavy (non-hydrogen) atoms. The summed E-state index contributed by atoms with van der Waals surface area (Å²) < 4.78 is 37.6. The SMILES string of the molecule is COCCOCCCCNS(=O)(=O)c1cc(Br)ccc1N. The van der Waals surface area contributed by atoms with E-state index in [0.717, 1.165) is 6.42 Å². The number of rotatable bonds is 10. The number of hydrogen-bond acceptors (Lipinski definition) is 5. The third kappa shape index (κ3) is 6.75. The largest absolute Gasteiger partial charge is 0.398 e. The summed E-state index contributed by atoms with van der Waals surface area (Å²) in [7, 11) is -1.96. The number of ether oxygens (including phenoxy) is 2. The van der Waals surface area contributed by atoms with Crippen LogP contribution in [-0.4, -0.2) is 41.9 Å². The molecule has 0 spiro atoms. The van der Waals surface area contributed by atoms with E-state index in [0.29, 0.717) is 37.3 Å². The van der Waals surface area contributed by atoms with Gasteiger partial charge in [0.2, 0.25) is 10.0 Å². The number of nitrogens with one attached hydrogen (secondary N) is 1. The highest BCUT2D eigenvalue weighted by Crippen LogP contribution is 2.22. The van der Waals surface area contributed by atoms with Crippen LogP contribution in [0.2, 0.25) is 0 Å². The molecule has 8 heteroatoms. The second kappa shape index (κ2) is 9.37. The Morgan fingerprint density at radius 3 is 2.71 bits per heavy atom. The van der Waals surface area contributed by atoms with E-state index in [4.69, 9.17) is 15.2 Å². The lowest BCUT2D eigenvalue weighted by Crippen LogP contribution is -2.25. The van der Waals surface area contributed by atoms with Gasteiger partial charge in [0, 0.05) is 24.7 Å². The molecule has 0 saturated carbocycles. The Labute approximate surface area is 134 Å². The molecule has 0 aliphatic rings. The molecule has 0 saturated heterocycles.